The van der Waals surface area contributed by atoms with Crippen LogP contribution in [0.25, 0.3) is 0 Å². The van der Waals surface area contributed by atoms with Gasteiger partial charge in [0.2, 0.25) is 0 Å². The molecule has 0 amide bonds. The summed E-state index contributed by atoms with van der Waals surface area (Å²) in [4.78, 5) is 17.1. The van der Waals surface area contributed by atoms with E-state index in [-0.39, 0.29) is 0 Å². The Morgan fingerprint density at radius 1 is 0.714 bits per heavy atom. The predicted octanol–water partition coefficient (Wildman–Crippen LogP) is -0.462. The first-order valence-electron chi connectivity index (χ1n) is 2.31. The molecular formula is CH2O13. The van der Waals surface area contributed by atoms with E-state index in [1.807, 2.05) is 0 Å². The second kappa shape index (κ2) is 9.95. The van der Waals surface area contributed by atoms with Crippen LogP contribution >= 0.6 is 0 Å². The summed E-state index contributed by atoms with van der Waals surface area (Å²) in [5, 5.41) is 40.2. The molecule has 0 atom stereocenters. The van der Waals surface area contributed by atoms with Crippen LogP contribution in [0.2, 0.25) is 0 Å². The molecule has 0 aliphatic rings. The third kappa shape index (κ3) is 8.96. The van der Waals surface area contributed by atoms with E-state index in [1.54, 1.807) is 0 Å². The normalized spacial score (nSPS) is 9.86. The van der Waals surface area contributed by atoms with Gasteiger partial charge in [0.15, 0.2) is 0 Å². The van der Waals surface area contributed by atoms with Crippen molar-refractivity contribution in [2.75, 3.05) is 0 Å². The molecule has 0 radical (unpaired) electrons. The fourth-order valence-corrected chi connectivity index (χ4v) is 0.145. The third-order valence-electron chi connectivity index (χ3n) is 0.376. The average Bonchev–Trinajstić information content (AvgIpc) is 2.19. The van der Waals surface area contributed by atoms with Gasteiger partial charge in [-0.05, 0) is 20.2 Å². The third-order valence-corrected chi connectivity index (χ3v) is 0.376. The number of rotatable bonds is 8. The molecule has 0 aromatic heterocycles. The van der Waals surface area contributed by atoms with E-state index in [0.717, 1.165) is 0 Å². The number of carbonyl (C=O) groups is 1. The molecule has 0 spiro atoms. The summed E-state index contributed by atoms with van der Waals surface area (Å²) in [6, 6.07) is 0. The average molecular weight is 222 g/mol. The Hall–Kier alpha value is -1.13. The Morgan fingerprint density at radius 3 is 1.50 bits per heavy atom. The zero-order chi connectivity index (χ0) is 10.6. The van der Waals surface area contributed by atoms with Crippen LogP contribution < -0.4 is 0 Å². The summed E-state index contributed by atoms with van der Waals surface area (Å²) < 4.78 is 0. The summed E-state index contributed by atoms with van der Waals surface area (Å²) in [7, 11) is 0. The summed E-state index contributed by atoms with van der Waals surface area (Å²) in [6.45, 7) is 0. The quantitative estimate of drug-likeness (QED) is 0.309. The first-order chi connectivity index (χ1) is 6.81. The van der Waals surface area contributed by atoms with Crippen LogP contribution in [0, 0.1) is 0 Å². The van der Waals surface area contributed by atoms with Crippen molar-refractivity contribution in [1.29, 1.82) is 0 Å². The van der Waals surface area contributed by atoms with Crippen molar-refractivity contribution in [3.8, 4) is 0 Å². The van der Waals surface area contributed by atoms with Crippen LogP contribution in [0.4, 0.5) is 4.79 Å². The Morgan fingerprint density at radius 2 is 1.14 bits per heavy atom. The number of carbonyl (C=O) groups excluding carboxylic acids is 1. The molecule has 0 saturated carbocycles. The van der Waals surface area contributed by atoms with Crippen molar-refractivity contribution in [1.82, 2.24) is 0 Å². The molecule has 0 aromatic carbocycles. The van der Waals surface area contributed by atoms with Crippen molar-refractivity contribution in [3.63, 3.8) is 0 Å². The lowest BCUT2D eigenvalue weighted by atomic mass is 11.4. The van der Waals surface area contributed by atoms with Gasteiger partial charge in [-0.2, -0.15) is 4.79 Å². The number of hydrogen-bond donors (Lipinski definition) is 2. The summed E-state index contributed by atoms with van der Waals surface area (Å²) in [6.07, 6.45) is -1.65. The van der Waals surface area contributed by atoms with Gasteiger partial charge in [0.05, 0.1) is 0 Å². The van der Waals surface area contributed by atoms with Gasteiger partial charge in [0, 0.05) is 20.2 Å². The topological polar surface area (TPSA) is 150 Å². The fourth-order valence-electron chi connectivity index (χ4n) is 0.145. The Kier molecular flexibility index (Phi) is 9.15. The molecule has 0 aliphatic carbocycles. The highest BCUT2D eigenvalue weighted by Gasteiger charge is 2.09. The SMILES string of the molecule is O=C(OOOOOO)OOOOOO. The molecule has 14 heavy (non-hydrogen) atoms. The minimum absolute atomic E-state index is 1.65. The molecule has 13 heteroatoms. The zero-order valence-corrected chi connectivity index (χ0v) is 5.89. The number of hydrogen-bond acceptors (Lipinski definition) is 13. The molecule has 0 aliphatic heterocycles. The molecule has 0 aromatic rings. The van der Waals surface area contributed by atoms with Crippen molar-refractivity contribution in [2.24, 2.45) is 0 Å². The highest BCUT2D eigenvalue weighted by molar-refractivity contribution is 5.57. The smallest absolute Gasteiger partial charge is 0.224 e. The molecule has 0 heterocycles. The van der Waals surface area contributed by atoms with Crippen LogP contribution in [0.15, 0.2) is 0 Å². The molecule has 13 nitrogen and oxygen atoms in total. The highest BCUT2D eigenvalue weighted by atomic mass is 17.8. The zero-order valence-electron chi connectivity index (χ0n) is 5.89. The van der Waals surface area contributed by atoms with Crippen LogP contribution in [0.5, 0.6) is 0 Å². The van der Waals surface area contributed by atoms with Gasteiger partial charge in [-0.3, -0.25) is 0 Å². The Balaban J connectivity index is 3.11. The summed E-state index contributed by atoms with van der Waals surface area (Å²) in [5.41, 5.74) is 0. The molecular weight excluding hydrogens is 220 g/mol. The van der Waals surface area contributed by atoms with Crippen molar-refractivity contribution < 1.29 is 65.4 Å². The Labute approximate surface area is 72.9 Å². The van der Waals surface area contributed by atoms with Gasteiger partial charge in [-0.15, -0.1) is 0 Å². The van der Waals surface area contributed by atoms with E-state index in [9.17, 15) is 4.79 Å². The summed E-state index contributed by atoms with van der Waals surface area (Å²) in [5.74, 6) is 0. The van der Waals surface area contributed by atoms with Gasteiger partial charge in [-0.25, -0.2) is 20.3 Å². The minimum Gasteiger partial charge on any atom is -0.224 e. The maximum atomic E-state index is 10.2. The van der Waals surface area contributed by atoms with E-state index in [2.05, 4.69) is 50.1 Å². The standard InChI is InChI=1S/CH2O13/c2-1(5-9-13-11-7-3)6-10-14-12-8-4/h3-4H. The van der Waals surface area contributed by atoms with E-state index in [1.165, 1.54) is 0 Å². The van der Waals surface area contributed by atoms with Crippen molar-refractivity contribution >= 4 is 6.16 Å². The highest BCUT2D eigenvalue weighted by Crippen LogP contribution is 1.91. The molecule has 2 N–H and O–H groups in total. The lowest BCUT2D eigenvalue weighted by Gasteiger charge is -1.97. The molecule has 0 saturated heterocycles. The lowest BCUT2D eigenvalue weighted by Crippen LogP contribution is -2.10. The van der Waals surface area contributed by atoms with Crippen molar-refractivity contribution in [2.45, 2.75) is 0 Å². The van der Waals surface area contributed by atoms with E-state index in [0.29, 0.717) is 0 Å². The molecule has 84 valence electrons. The minimum atomic E-state index is -1.65. The van der Waals surface area contributed by atoms with E-state index >= 15 is 0 Å². The second-order valence-corrected chi connectivity index (χ2v) is 0.974. The fraction of sp³-hybridized carbons (Fsp3) is 0. The van der Waals surface area contributed by atoms with Gasteiger partial charge >= 0.3 is 6.16 Å². The van der Waals surface area contributed by atoms with Gasteiger partial charge in [0.1, 0.15) is 0 Å². The Bertz CT molecular complexity index is 115. The van der Waals surface area contributed by atoms with Crippen molar-refractivity contribution in [3.05, 3.63) is 0 Å². The lowest BCUT2D eigenvalue weighted by molar-refractivity contribution is -0.757. The maximum Gasteiger partial charge on any atom is 0.577 e. The largest absolute Gasteiger partial charge is 0.577 e. The first-order valence-corrected chi connectivity index (χ1v) is 2.31. The monoisotopic (exact) mass is 222 g/mol. The predicted molar refractivity (Wildman–Crippen MR) is 21.5 cm³/mol. The molecule has 0 fully saturated rings. The van der Waals surface area contributed by atoms with E-state index < -0.39 is 6.16 Å². The van der Waals surface area contributed by atoms with Crippen LogP contribution in [-0.2, 0) is 50.1 Å². The molecule has 0 unspecified atom stereocenters. The molecule has 0 rings (SSSR count). The maximum absolute atomic E-state index is 10.2. The van der Waals surface area contributed by atoms with Crippen LogP contribution in [0.3, 0.4) is 0 Å². The summed E-state index contributed by atoms with van der Waals surface area (Å²) >= 11 is 0. The van der Waals surface area contributed by atoms with Gasteiger partial charge in [-0.1, -0.05) is 0 Å². The van der Waals surface area contributed by atoms with E-state index in [4.69, 9.17) is 10.5 Å². The first kappa shape index (κ1) is 12.9. The second-order valence-electron chi connectivity index (χ2n) is 0.974. The van der Waals surface area contributed by atoms with Gasteiger partial charge < -0.3 is 0 Å². The van der Waals surface area contributed by atoms with Crippen LogP contribution in [-0.4, -0.2) is 16.7 Å². The molecule has 0 bridgehead atoms. The van der Waals surface area contributed by atoms with Crippen LogP contribution in [0.1, 0.15) is 0 Å². The van der Waals surface area contributed by atoms with Gasteiger partial charge in [0.25, 0.3) is 0 Å².